The number of nitrogens with one attached hydrogen (secondary N) is 1. The van der Waals surface area contributed by atoms with Crippen LogP contribution in [0, 0.1) is 30.6 Å². The van der Waals surface area contributed by atoms with Gasteiger partial charge in [-0.25, -0.2) is 0 Å². The van der Waals surface area contributed by atoms with E-state index in [-0.39, 0.29) is 18.4 Å². The van der Waals surface area contributed by atoms with Crippen LogP contribution in [-0.4, -0.2) is 17.6 Å². The van der Waals surface area contributed by atoms with E-state index in [1.54, 1.807) is 0 Å². The predicted octanol–water partition coefficient (Wildman–Crippen LogP) is 2.32. The molecule has 0 aliphatic heterocycles. The third kappa shape index (κ3) is 3.59. The Hall–Kier alpha value is -1.79. The summed E-state index contributed by atoms with van der Waals surface area (Å²) in [6.45, 7) is 4.13. The summed E-state index contributed by atoms with van der Waals surface area (Å²) in [6.07, 6.45) is 1.42. The van der Waals surface area contributed by atoms with Crippen LogP contribution in [0.1, 0.15) is 30.9 Å². The van der Waals surface area contributed by atoms with Crippen LogP contribution < -0.4 is 5.32 Å². The molecule has 1 aliphatic rings. The SMILES string of the molecule is Cc1ccc(C#CCCO)c(NC(=O)C2CC2C)c1. The molecular formula is C16H19NO2. The van der Waals surface area contributed by atoms with Gasteiger partial charge in [0.1, 0.15) is 0 Å². The van der Waals surface area contributed by atoms with Crippen molar-refractivity contribution in [1.82, 2.24) is 0 Å². The largest absolute Gasteiger partial charge is 0.395 e. The van der Waals surface area contributed by atoms with E-state index in [4.69, 9.17) is 5.11 Å². The lowest BCUT2D eigenvalue weighted by molar-refractivity contribution is -0.117. The lowest BCUT2D eigenvalue weighted by atomic mass is 10.1. The summed E-state index contributed by atoms with van der Waals surface area (Å²) in [4.78, 5) is 12.0. The van der Waals surface area contributed by atoms with E-state index in [2.05, 4.69) is 24.1 Å². The quantitative estimate of drug-likeness (QED) is 0.816. The molecule has 2 atom stereocenters. The van der Waals surface area contributed by atoms with E-state index in [9.17, 15) is 4.79 Å². The molecule has 2 unspecified atom stereocenters. The molecule has 1 aliphatic carbocycles. The first-order chi connectivity index (χ1) is 9.11. The Bertz CT molecular complexity index is 539. The van der Waals surface area contributed by atoms with Crippen molar-refractivity contribution in [2.75, 3.05) is 11.9 Å². The van der Waals surface area contributed by atoms with E-state index in [1.807, 2.05) is 25.1 Å². The first-order valence-corrected chi connectivity index (χ1v) is 6.63. The highest BCUT2D eigenvalue weighted by Crippen LogP contribution is 2.38. The van der Waals surface area contributed by atoms with E-state index in [0.717, 1.165) is 23.2 Å². The fourth-order valence-corrected chi connectivity index (χ4v) is 2.00. The summed E-state index contributed by atoms with van der Waals surface area (Å²) in [5.74, 6) is 6.61. The average molecular weight is 257 g/mol. The van der Waals surface area contributed by atoms with Crippen molar-refractivity contribution in [3.8, 4) is 11.8 Å². The van der Waals surface area contributed by atoms with E-state index in [1.165, 1.54) is 0 Å². The molecule has 1 saturated carbocycles. The normalized spacial score (nSPS) is 20.4. The van der Waals surface area contributed by atoms with Gasteiger partial charge in [-0.3, -0.25) is 4.79 Å². The van der Waals surface area contributed by atoms with Crippen molar-refractivity contribution < 1.29 is 9.90 Å². The first kappa shape index (κ1) is 13.6. The van der Waals surface area contributed by atoms with Gasteiger partial charge in [-0.05, 0) is 37.0 Å². The number of carbonyl (C=O) groups is 1. The highest BCUT2D eigenvalue weighted by molar-refractivity contribution is 5.95. The number of aryl methyl sites for hydroxylation is 1. The number of anilines is 1. The molecule has 19 heavy (non-hydrogen) atoms. The maximum atomic E-state index is 12.0. The van der Waals surface area contributed by atoms with Gasteiger partial charge in [-0.1, -0.05) is 24.8 Å². The zero-order valence-electron chi connectivity index (χ0n) is 11.4. The van der Waals surface area contributed by atoms with Crippen molar-refractivity contribution in [3.05, 3.63) is 29.3 Å². The highest BCUT2D eigenvalue weighted by atomic mass is 16.2. The summed E-state index contributed by atoms with van der Waals surface area (Å²) >= 11 is 0. The average Bonchev–Trinajstić information content (AvgIpc) is 3.09. The van der Waals surface area contributed by atoms with Crippen molar-refractivity contribution in [2.45, 2.75) is 26.7 Å². The van der Waals surface area contributed by atoms with Gasteiger partial charge in [0.15, 0.2) is 0 Å². The number of hydrogen-bond acceptors (Lipinski definition) is 2. The fourth-order valence-electron chi connectivity index (χ4n) is 2.00. The van der Waals surface area contributed by atoms with Gasteiger partial charge in [0, 0.05) is 17.9 Å². The lowest BCUT2D eigenvalue weighted by Crippen LogP contribution is -2.15. The second-order valence-corrected chi connectivity index (χ2v) is 5.13. The van der Waals surface area contributed by atoms with Crippen LogP contribution in [0.5, 0.6) is 0 Å². The summed E-state index contributed by atoms with van der Waals surface area (Å²) in [5.41, 5.74) is 2.67. The Morgan fingerprint density at radius 2 is 2.26 bits per heavy atom. The minimum absolute atomic E-state index is 0.0557. The molecule has 1 aromatic carbocycles. The van der Waals surface area contributed by atoms with Gasteiger partial charge in [0.2, 0.25) is 5.91 Å². The maximum absolute atomic E-state index is 12.0. The summed E-state index contributed by atoms with van der Waals surface area (Å²) < 4.78 is 0. The van der Waals surface area contributed by atoms with Crippen molar-refractivity contribution in [3.63, 3.8) is 0 Å². The third-order valence-corrected chi connectivity index (χ3v) is 3.34. The Balaban J connectivity index is 2.15. The minimum atomic E-state index is 0.0557. The third-order valence-electron chi connectivity index (χ3n) is 3.34. The van der Waals surface area contributed by atoms with Crippen LogP contribution in [-0.2, 0) is 4.79 Å². The molecule has 0 saturated heterocycles. The molecule has 3 nitrogen and oxygen atoms in total. The topological polar surface area (TPSA) is 49.3 Å². The van der Waals surface area contributed by atoms with Crippen molar-refractivity contribution in [2.24, 2.45) is 11.8 Å². The van der Waals surface area contributed by atoms with Crippen LogP contribution in [0.4, 0.5) is 5.69 Å². The smallest absolute Gasteiger partial charge is 0.227 e. The second-order valence-electron chi connectivity index (χ2n) is 5.13. The van der Waals surface area contributed by atoms with Gasteiger partial charge in [-0.15, -0.1) is 0 Å². The number of aliphatic hydroxyl groups excluding tert-OH is 1. The molecule has 0 spiro atoms. The number of aliphatic hydroxyl groups is 1. The molecule has 0 radical (unpaired) electrons. The molecule has 1 aromatic rings. The molecule has 3 heteroatoms. The standard InChI is InChI=1S/C16H19NO2/c1-11-6-7-13(5-3-4-8-18)15(9-11)17-16(19)14-10-12(14)2/h6-7,9,12,14,18H,4,8,10H2,1-2H3,(H,17,19). The molecule has 0 bridgehead atoms. The van der Waals surface area contributed by atoms with E-state index < -0.39 is 0 Å². The molecule has 2 N–H and O–H groups in total. The monoisotopic (exact) mass is 257 g/mol. The van der Waals surface area contributed by atoms with Crippen LogP contribution in [0.3, 0.4) is 0 Å². The summed E-state index contributed by atoms with van der Waals surface area (Å²) in [7, 11) is 0. The Morgan fingerprint density at radius 3 is 2.89 bits per heavy atom. The molecule has 0 aromatic heterocycles. The van der Waals surface area contributed by atoms with Crippen LogP contribution >= 0.6 is 0 Å². The zero-order valence-corrected chi connectivity index (χ0v) is 11.4. The summed E-state index contributed by atoms with van der Waals surface area (Å²) in [5, 5.41) is 11.7. The van der Waals surface area contributed by atoms with Crippen molar-refractivity contribution in [1.29, 1.82) is 0 Å². The Morgan fingerprint density at radius 1 is 1.53 bits per heavy atom. The van der Waals surface area contributed by atoms with Crippen molar-refractivity contribution >= 4 is 11.6 Å². The number of rotatable bonds is 3. The second kappa shape index (κ2) is 5.90. The molecule has 1 fully saturated rings. The fraction of sp³-hybridized carbons (Fsp3) is 0.438. The van der Waals surface area contributed by atoms with E-state index >= 15 is 0 Å². The number of hydrogen-bond donors (Lipinski definition) is 2. The van der Waals surface area contributed by atoms with Gasteiger partial charge in [-0.2, -0.15) is 0 Å². The summed E-state index contributed by atoms with van der Waals surface area (Å²) in [6, 6.07) is 5.82. The first-order valence-electron chi connectivity index (χ1n) is 6.63. The Kier molecular flexibility index (Phi) is 4.24. The van der Waals surface area contributed by atoms with Gasteiger partial charge >= 0.3 is 0 Å². The van der Waals surface area contributed by atoms with Gasteiger partial charge < -0.3 is 10.4 Å². The molecule has 1 amide bonds. The van der Waals surface area contributed by atoms with Gasteiger partial charge in [0.25, 0.3) is 0 Å². The molecule has 0 heterocycles. The lowest BCUT2D eigenvalue weighted by Gasteiger charge is -2.08. The predicted molar refractivity (Wildman–Crippen MR) is 75.7 cm³/mol. The number of amides is 1. The van der Waals surface area contributed by atoms with Crippen LogP contribution in [0.2, 0.25) is 0 Å². The minimum Gasteiger partial charge on any atom is -0.395 e. The Labute approximate surface area is 114 Å². The van der Waals surface area contributed by atoms with Crippen LogP contribution in [0.15, 0.2) is 18.2 Å². The number of carbonyl (C=O) groups excluding carboxylic acids is 1. The molecule has 2 rings (SSSR count). The van der Waals surface area contributed by atoms with Gasteiger partial charge in [0.05, 0.1) is 12.3 Å². The molecule has 100 valence electrons. The van der Waals surface area contributed by atoms with E-state index in [0.29, 0.717) is 12.3 Å². The maximum Gasteiger partial charge on any atom is 0.227 e. The highest BCUT2D eigenvalue weighted by Gasteiger charge is 2.39. The van der Waals surface area contributed by atoms with Crippen LogP contribution in [0.25, 0.3) is 0 Å². The number of benzene rings is 1. The molecular weight excluding hydrogens is 238 g/mol. The zero-order chi connectivity index (χ0) is 13.8.